The summed E-state index contributed by atoms with van der Waals surface area (Å²) in [5.74, 6) is -0.405. The molecule has 0 aliphatic rings. The minimum absolute atomic E-state index is 0.107. The molecule has 0 atom stereocenters. The zero-order chi connectivity index (χ0) is 7.98. The van der Waals surface area contributed by atoms with Gasteiger partial charge in [-0.15, -0.1) is 0 Å². The molecule has 0 saturated heterocycles. The summed E-state index contributed by atoms with van der Waals surface area (Å²) < 4.78 is 4.27. The fraction of sp³-hybridized carbons (Fsp3) is 0.600. The molecule has 58 valence electrons. The Kier molecular flexibility index (Phi) is 4.02. The highest BCUT2D eigenvalue weighted by Gasteiger charge is 1.98. The van der Waals surface area contributed by atoms with Crippen LogP contribution >= 0.6 is 0 Å². The van der Waals surface area contributed by atoms with E-state index in [2.05, 4.69) is 4.74 Å². The van der Waals surface area contributed by atoms with Gasteiger partial charge in [-0.3, -0.25) is 10.0 Å². The molecule has 5 nitrogen and oxygen atoms in total. The molecular formula is C5H9NO4. The Bertz CT molecular complexity index is 139. The number of ether oxygens (including phenoxy) is 1. The van der Waals surface area contributed by atoms with Crippen molar-refractivity contribution in [3.8, 4) is 0 Å². The summed E-state index contributed by atoms with van der Waals surface area (Å²) in [4.78, 5) is 10.0. The van der Waals surface area contributed by atoms with E-state index in [0.29, 0.717) is 0 Å². The summed E-state index contributed by atoms with van der Waals surface area (Å²) in [6.45, 7) is 0. The minimum Gasteiger partial charge on any atom is -0.469 e. The number of hydrogen-bond donors (Lipinski definition) is 1. The van der Waals surface area contributed by atoms with Gasteiger partial charge in [0.2, 0.25) is 6.21 Å². The third kappa shape index (κ3) is 4.89. The van der Waals surface area contributed by atoms with Crippen LogP contribution in [0.2, 0.25) is 0 Å². The van der Waals surface area contributed by atoms with Crippen LogP contribution in [0, 0.1) is 5.21 Å². The Balaban J connectivity index is 3.37. The van der Waals surface area contributed by atoms with Crippen molar-refractivity contribution in [2.45, 2.75) is 12.8 Å². The van der Waals surface area contributed by atoms with Crippen LogP contribution in [0.15, 0.2) is 0 Å². The van der Waals surface area contributed by atoms with Crippen molar-refractivity contribution >= 4 is 12.2 Å². The first-order valence-corrected chi connectivity index (χ1v) is 2.72. The Morgan fingerprint density at radius 2 is 2.50 bits per heavy atom. The Morgan fingerprint density at radius 3 is 2.90 bits per heavy atom. The van der Waals surface area contributed by atoms with E-state index in [-0.39, 0.29) is 17.7 Å². The van der Waals surface area contributed by atoms with Gasteiger partial charge in [0.1, 0.15) is 0 Å². The number of hydrogen-bond acceptors (Lipinski definition) is 4. The summed E-state index contributed by atoms with van der Waals surface area (Å²) in [7, 11) is 1.26. The molecule has 5 heteroatoms. The van der Waals surface area contributed by atoms with Gasteiger partial charge in [0.15, 0.2) is 0 Å². The van der Waals surface area contributed by atoms with Gasteiger partial charge in [-0.05, 0) is 0 Å². The molecule has 0 fully saturated rings. The number of rotatable bonds is 3. The summed E-state index contributed by atoms with van der Waals surface area (Å²) in [5, 5.41) is 17.8. The van der Waals surface area contributed by atoms with Crippen LogP contribution in [0.3, 0.4) is 0 Å². The lowest BCUT2D eigenvalue weighted by Gasteiger charge is -1.91. The lowest BCUT2D eigenvalue weighted by molar-refractivity contribution is -0.723. The van der Waals surface area contributed by atoms with E-state index >= 15 is 0 Å². The molecule has 0 heterocycles. The fourth-order valence-electron chi connectivity index (χ4n) is 0.395. The lowest BCUT2D eigenvalue weighted by Crippen LogP contribution is -2.03. The number of carbonyl (C=O) groups excluding carboxylic acids is 1. The summed E-state index contributed by atoms with van der Waals surface area (Å²) in [6.07, 6.45) is 1.24. The smallest absolute Gasteiger partial charge is 0.306 e. The first-order valence-electron chi connectivity index (χ1n) is 2.72. The van der Waals surface area contributed by atoms with Crippen molar-refractivity contribution in [3.05, 3.63) is 5.21 Å². The number of methoxy groups -OCH3 is 1. The maximum absolute atomic E-state index is 10.3. The maximum Gasteiger partial charge on any atom is 0.306 e. The second-order valence-electron chi connectivity index (χ2n) is 1.60. The van der Waals surface area contributed by atoms with Gasteiger partial charge in [-0.25, -0.2) is 0 Å². The van der Waals surface area contributed by atoms with Gasteiger partial charge in [0.05, 0.1) is 13.5 Å². The average Bonchev–Trinajstić information content (AvgIpc) is 1.87. The van der Waals surface area contributed by atoms with Crippen molar-refractivity contribution in [2.75, 3.05) is 7.11 Å². The monoisotopic (exact) mass is 147 g/mol. The van der Waals surface area contributed by atoms with Gasteiger partial charge in [0, 0.05) is 11.3 Å². The fourth-order valence-corrected chi connectivity index (χ4v) is 0.395. The predicted octanol–water partition coefficient (Wildman–Crippen LogP) is -0.0901. The lowest BCUT2D eigenvalue weighted by atomic mass is 10.3. The molecule has 0 aliphatic heterocycles. The zero-order valence-corrected chi connectivity index (χ0v) is 5.61. The van der Waals surface area contributed by atoms with Crippen molar-refractivity contribution in [2.24, 2.45) is 0 Å². The standard InChI is InChI=1S/C5H9NO4/c1-10-5(7)3-2-4-6(8)9/h4H,2-3H2,1H3,(H,8,9). The molecule has 0 saturated carbocycles. The van der Waals surface area contributed by atoms with Crippen molar-refractivity contribution < 1.29 is 19.6 Å². The van der Waals surface area contributed by atoms with Crippen LogP contribution in [-0.4, -0.2) is 29.4 Å². The first kappa shape index (κ1) is 8.74. The van der Waals surface area contributed by atoms with Crippen LogP contribution < -0.4 is 0 Å². The minimum atomic E-state index is -0.405. The molecule has 0 amide bonds. The topological polar surface area (TPSA) is 72.6 Å². The molecule has 0 rings (SSSR count). The second kappa shape index (κ2) is 4.60. The molecule has 0 unspecified atom stereocenters. The van der Waals surface area contributed by atoms with E-state index in [1.165, 1.54) is 7.11 Å². The van der Waals surface area contributed by atoms with Gasteiger partial charge >= 0.3 is 5.97 Å². The summed E-state index contributed by atoms with van der Waals surface area (Å²) in [6, 6.07) is 0. The van der Waals surface area contributed by atoms with Crippen molar-refractivity contribution in [1.82, 2.24) is 0 Å². The normalized spacial score (nSPS) is 11.1. The Hall–Kier alpha value is -1.26. The van der Waals surface area contributed by atoms with E-state index in [4.69, 9.17) is 5.21 Å². The molecule has 0 aromatic carbocycles. The Morgan fingerprint density at radius 1 is 1.90 bits per heavy atom. The molecule has 0 aliphatic carbocycles. The summed E-state index contributed by atoms with van der Waals surface area (Å²) in [5.41, 5.74) is 0. The molecule has 1 N–H and O–H groups in total. The highest BCUT2D eigenvalue weighted by atomic mass is 16.8. The van der Waals surface area contributed by atoms with Crippen LogP contribution in [0.1, 0.15) is 12.8 Å². The van der Waals surface area contributed by atoms with Crippen LogP contribution in [0.5, 0.6) is 0 Å². The van der Waals surface area contributed by atoms with Crippen LogP contribution in [-0.2, 0) is 9.53 Å². The largest absolute Gasteiger partial charge is 0.469 e. The highest BCUT2D eigenvalue weighted by molar-refractivity contribution is 5.72. The molecule has 0 aromatic rings. The van der Waals surface area contributed by atoms with Gasteiger partial charge < -0.3 is 9.94 Å². The van der Waals surface area contributed by atoms with Gasteiger partial charge in [0.25, 0.3) is 0 Å². The molecule has 10 heavy (non-hydrogen) atoms. The first-order chi connectivity index (χ1) is 4.66. The molecule has 0 radical (unpaired) electrons. The Labute approximate surface area is 58.1 Å². The van der Waals surface area contributed by atoms with Gasteiger partial charge in [-0.2, -0.15) is 0 Å². The third-order valence-electron chi connectivity index (χ3n) is 0.861. The third-order valence-corrected chi connectivity index (χ3v) is 0.861. The van der Waals surface area contributed by atoms with Crippen molar-refractivity contribution in [1.29, 1.82) is 0 Å². The molecule has 0 aromatic heterocycles. The van der Waals surface area contributed by atoms with E-state index in [0.717, 1.165) is 6.21 Å². The highest BCUT2D eigenvalue weighted by Crippen LogP contribution is 1.86. The van der Waals surface area contributed by atoms with E-state index in [1.807, 2.05) is 0 Å². The molecule has 0 spiro atoms. The van der Waals surface area contributed by atoms with Crippen molar-refractivity contribution in [3.63, 3.8) is 0 Å². The number of carbonyl (C=O) groups is 1. The van der Waals surface area contributed by atoms with E-state index in [1.54, 1.807) is 0 Å². The second-order valence-corrected chi connectivity index (χ2v) is 1.60. The SMILES string of the molecule is COC(=O)CC/C=[N+](\[O-])O. The number of nitrogens with zero attached hydrogens (tertiary/aromatic N) is 1. The van der Waals surface area contributed by atoms with E-state index < -0.39 is 5.97 Å². The summed E-state index contributed by atoms with van der Waals surface area (Å²) >= 11 is 0. The zero-order valence-electron chi connectivity index (χ0n) is 5.61. The average molecular weight is 147 g/mol. The van der Waals surface area contributed by atoms with Crippen LogP contribution in [0.4, 0.5) is 0 Å². The molecule has 0 bridgehead atoms. The van der Waals surface area contributed by atoms with Crippen LogP contribution in [0.25, 0.3) is 0 Å². The predicted molar refractivity (Wildman–Crippen MR) is 32.7 cm³/mol. The molecular weight excluding hydrogens is 138 g/mol. The van der Waals surface area contributed by atoms with E-state index in [9.17, 15) is 10.0 Å². The number of esters is 1. The quantitative estimate of drug-likeness (QED) is 0.199. The van der Waals surface area contributed by atoms with Gasteiger partial charge in [-0.1, -0.05) is 0 Å². The maximum atomic E-state index is 10.3.